The van der Waals surface area contributed by atoms with E-state index in [1.54, 1.807) is 0 Å². The van der Waals surface area contributed by atoms with Gasteiger partial charge in [0, 0.05) is 104 Å². The van der Waals surface area contributed by atoms with Crippen molar-refractivity contribution in [2.75, 3.05) is 0 Å². The Kier molecular flexibility index (Phi) is 14.7. The third-order valence-electron chi connectivity index (χ3n) is 22.4. The van der Waals surface area contributed by atoms with E-state index < -0.39 is 0 Å². The zero-order chi connectivity index (χ0) is 74.9. The molecule has 114 heavy (non-hydrogen) atoms. The van der Waals surface area contributed by atoms with Crippen LogP contribution in [0.25, 0.3) is 222 Å². The predicted molar refractivity (Wildman–Crippen MR) is 464 cm³/mol. The summed E-state index contributed by atoms with van der Waals surface area (Å²) in [6.45, 7) is 0. The molecule has 12 nitrogen and oxygen atoms in total. The lowest BCUT2D eigenvalue weighted by Crippen LogP contribution is -2.06. The zero-order valence-electron chi connectivity index (χ0n) is 61.1. The van der Waals surface area contributed by atoms with E-state index in [2.05, 4.69) is 316 Å². The standard InChI is InChI=1S/2C51H31N5O/c1-3-15-32(16-4-1)49-52-50(34-18-13-17-33(31-34)36-24-14-25-38-37-21-9-12-28-45(37)57-48(36)38)54-51(53-49)56-42-27-11-8-23-40(42)47-44(56)30-29-43-46(47)39-22-7-10-26-41(39)55(43)35-19-5-2-6-20-35;1-3-13-33(14-4-1)49-52-50(34-25-23-32(24-26-34)35-27-28-38-37-17-9-12-22-45(37)57-46(38)31-35)54-51(53-49)56-42-21-11-8-19-40(42)48-44(56)30-29-43-47(48)39-18-7-10-20-41(39)55(43)36-15-5-2-6-16-36/h2*1-31H. The van der Waals surface area contributed by atoms with Crippen LogP contribution in [0.4, 0.5) is 0 Å². The third-order valence-corrected chi connectivity index (χ3v) is 22.4. The number of hydrogen-bond acceptors (Lipinski definition) is 8. The van der Waals surface area contributed by atoms with Gasteiger partial charge in [-0.05, 0) is 120 Å². The molecule has 0 aliphatic heterocycles. The molecule has 0 aliphatic carbocycles. The van der Waals surface area contributed by atoms with Crippen LogP contribution in [0.15, 0.2) is 385 Å². The van der Waals surface area contributed by atoms with Gasteiger partial charge in [0.1, 0.15) is 22.3 Å². The summed E-state index contributed by atoms with van der Waals surface area (Å²) in [6.07, 6.45) is 0. The summed E-state index contributed by atoms with van der Waals surface area (Å²) >= 11 is 0. The quantitative estimate of drug-likeness (QED) is 0.133. The number of nitrogens with zero attached hydrogens (tertiary/aromatic N) is 10. The molecular weight excluding hydrogens is 1400 g/mol. The Morgan fingerprint density at radius 1 is 0.184 bits per heavy atom. The van der Waals surface area contributed by atoms with Crippen molar-refractivity contribution in [2.24, 2.45) is 0 Å². The van der Waals surface area contributed by atoms with Gasteiger partial charge in [0.15, 0.2) is 23.3 Å². The maximum atomic E-state index is 6.45. The molecule has 0 unspecified atom stereocenters. The van der Waals surface area contributed by atoms with Gasteiger partial charge in [-0.15, -0.1) is 0 Å². The number of aromatic nitrogens is 10. The van der Waals surface area contributed by atoms with Gasteiger partial charge in [0.25, 0.3) is 0 Å². The molecule has 8 aromatic heterocycles. The van der Waals surface area contributed by atoms with Crippen LogP contribution in [0.3, 0.4) is 0 Å². The van der Waals surface area contributed by atoms with Crippen LogP contribution in [0.2, 0.25) is 0 Å². The average molecular weight is 1460 g/mol. The smallest absolute Gasteiger partial charge is 0.238 e. The lowest BCUT2D eigenvalue weighted by molar-refractivity contribution is 0.669. The summed E-state index contributed by atoms with van der Waals surface area (Å²) in [4.78, 5) is 31.2. The number of fused-ring (bicyclic) bond motifs is 20. The summed E-state index contributed by atoms with van der Waals surface area (Å²) in [5.74, 6) is 3.53. The molecule has 0 radical (unpaired) electrons. The molecule has 0 fully saturated rings. The van der Waals surface area contributed by atoms with Gasteiger partial charge in [0.2, 0.25) is 11.9 Å². The summed E-state index contributed by atoms with van der Waals surface area (Å²) in [5.41, 5.74) is 22.3. The van der Waals surface area contributed by atoms with Crippen molar-refractivity contribution in [1.29, 1.82) is 0 Å². The highest BCUT2D eigenvalue weighted by Crippen LogP contribution is 2.46. The fourth-order valence-electron chi connectivity index (χ4n) is 17.3. The molecule has 0 saturated heterocycles. The molecule has 0 atom stereocenters. The summed E-state index contributed by atoms with van der Waals surface area (Å²) in [6, 6.07) is 131. The Labute approximate surface area is 651 Å². The second kappa shape index (κ2) is 26.0. The first-order valence-electron chi connectivity index (χ1n) is 38.2. The van der Waals surface area contributed by atoms with Gasteiger partial charge in [-0.1, -0.05) is 273 Å². The van der Waals surface area contributed by atoms with Crippen molar-refractivity contribution in [1.82, 2.24) is 48.2 Å². The fourth-order valence-corrected chi connectivity index (χ4v) is 17.3. The largest absolute Gasteiger partial charge is 0.456 e. The Morgan fingerprint density at radius 2 is 0.518 bits per heavy atom. The Balaban J connectivity index is 0.000000135. The Morgan fingerprint density at radius 3 is 1.01 bits per heavy atom. The molecule has 16 aromatic carbocycles. The molecular formula is C102H62N10O2. The Bertz CT molecular complexity index is 7970. The normalized spacial score (nSPS) is 11.9. The number of para-hydroxylation sites is 9. The number of furan rings is 2. The monoisotopic (exact) mass is 1460 g/mol. The van der Waals surface area contributed by atoms with E-state index in [0.717, 1.165) is 160 Å². The van der Waals surface area contributed by atoms with Crippen molar-refractivity contribution >= 4 is 131 Å². The van der Waals surface area contributed by atoms with Crippen LogP contribution in [0, 0.1) is 0 Å². The first-order valence-corrected chi connectivity index (χ1v) is 38.2. The van der Waals surface area contributed by atoms with Crippen molar-refractivity contribution in [2.45, 2.75) is 0 Å². The second-order valence-electron chi connectivity index (χ2n) is 28.8. The SMILES string of the molecule is c1ccc(-c2nc(-c3ccc(-c4ccc5c(c4)oc4ccccc45)cc3)nc(-n3c4ccccc4c4c5c6ccccc6n(-c6ccccc6)c5ccc43)n2)cc1.c1ccc(-c2nc(-c3cccc(-c4cccc5c4oc4ccccc45)c3)nc(-n3c4ccccc4c4c5c6ccccc6n(-c6ccccc6)c5ccc43)n2)cc1. The molecule has 24 aromatic rings. The molecule has 532 valence electrons. The van der Waals surface area contributed by atoms with Crippen LogP contribution in [-0.4, -0.2) is 48.2 Å². The number of benzene rings is 16. The van der Waals surface area contributed by atoms with Crippen LogP contribution in [0.1, 0.15) is 0 Å². The van der Waals surface area contributed by atoms with E-state index in [0.29, 0.717) is 35.2 Å². The van der Waals surface area contributed by atoms with E-state index in [1.165, 1.54) is 26.9 Å². The zero-order valence-corrected chi connectivity index (χ0v) is 61.1. The average Bonchev–Trinajstić information content (AvgIpc) is 1.55. The minimum Gasteiger partial charge on any atom is -0.456 e. The molecule has 0 aliphatic rings. The molecule has 0 spiro atoms. The van der Waals surface area contributed by atoms with Crippen molar-refractivity contribution < 1.29 is 8.83 Å². The fraction of sp³-hybridized carbons (Fsp3) is 0. The lowest BCUT2D eigenvalue weighted by atomic mass is 10.0. The highest BCUT2D eigenvalue weighted by Gasteiger charge is 2.26. The maximum Gasteiger partial charge on any atom is 0.238 e. The minimum absolute atomic E-state index is 0.556. The molecule has 0 saturated carbocycles. The third kappa shape index (κ3) is 10.3. The van der Waals surface area contributed by atoms with E-state index in [4.69, 9.17) is 38.7 Å². The summed E-state index contributed by atoms with van der Waals surface area (Å²) in [5, 5.41) is 13.9. The number of hydrogen-bond donors (Lipinski definition) is 0. The van der Waals surface area contributed by atoms with Crippen molar-refractivity contribution in [3.8, 4) is 91.1 Å². The van der Waals surface area contributed by atoms with Gasteiger partial charge in [-0.2, -0.15) is 19.9 Å². The first kappa shape index (κ1) is 64.3. The lowest BCUT2D eigenvalue weighted by Gasteiger charge is -2.12. The molecule has 0 amide bonds. The molecule has 8 heterocycles. The van der Waals surface area contributed by atoms with Crippen LogP contribution >= 0.6 is 0 Å². The van der Waals surface area contributed by atoms with Crippen molar-refractivity contribution in [3.05, 3.63) is 376 Å². The molecule has 12 heteroatoms. The number of rotatable bonds is 10. The van der Waals surface area contributed by atoms with E-state index in [-0.39, 0.29) is 0 Å². The van der Waals surface area contributed by atoms with Gasteiger partial charge < -0.3 is 18.0 Å². The molecule has 0 bridgehead atoms. The topological polar surface area (TPSA) is 123 Å². The molecule has 0 N–H and O–H groups in total. The van der Waals surface area contributed by atoms with Gasteiger partial charge in [-0.3, -0.25) is 9.13 Å². The highest BCUT2D eigenvalue weighted by atomic mass is 16.3. The predicted octanol–water partition coefficient (Wildman–Crippen LogP) is 25.9. The minimum atomic E-state index is 0.556. The summed E-state index contributed by atoms with van der Waals surface area (Å²) in [7, 11) is 0. The second-order valence-corrected chi connectivity index (χ2v) is 28.8. The summed E-state index contributed by atoms with van der Waals surface area (Å²) < 4.78 is 21.8. The van der Waals surface area contributed by atoms with Crippen LogP contribution in [-0.2, 0) is 0 Å². The maximum absolute atomic E-state index is 6.45. The van der Waals surface area contributed by atoms with E-state index in [9.17, 15) is 0 Å². The van der Waals surface area contributed by atoms with E-state index >= 15 is 0 Å². The Hall–Kier alpha value is -15.7. The first-order chi connectivity index (χ1) is 56.5. The van der Waals surface area contributed by atoms with Crippen LogP contribution in [0.5, 0.6) is 0 Å². The molecule has 24 rings (SSSR count). The van der Waals surface area contributed by atoms with Gasteiger partial charge >= 0.3 is 0 Å². The van der Waals surface area contributed by atoms with Crippen molar-refractivity contribution in [3.63, 3.8) is 0 Å². The van der Waals surface area contributed by atoms with E-state index in [1.807, 2.05) is 78.9 Å². The van der Waals surface area contributed by atoms with Crippen LogP contribution < -0.4 is 0 Å². The highest BCUT2D eigenvalue weighted by molar-refractivity contribution is 6.30. The van der Waals surface area contributed by atoms with Gasteiger partial charge in [0.05, 0.1) is 44.1 Å². The van der Waals surface area contributed by atoms with Gasteiger partial charge in [-0.25, -0.2) is 9.97 Å².